The van der Waals surface area contributed by atoms with Gasteiger partial charge in [-0.25, -0.2) is 0 Å². The second-order valence-electron chi connectivity index (χ2n) is 3.36. The van der Waals surface area contributed by atoms with Gasteiger partial charge in [-0.05, 0) is 24.7 Å². The minimum atomic E-state index is -3.85. The minimum absolute atomic E-state index is 0. The number of terminal acetylenes is 1. The molecule has 0 unspecified atom stereocenters. The van der Waals surface area contributed by atoms with E-state index in [1.807, 2.05) is 11.2 Å². The molecule has 1 heterocycles. The van der Waals surface area contributed by atoms with Crippen LogP contribution in [0.1, 0.15) is 12.8 Å². The molecule has 1 atom stereocenters. The van der Waals surface area contributed by atoms with Gasteiger partial charge in [0.15, 0.2) is 6.29 Å². The van der Waals surface area contributed by atoms with Crippen LogP contribution in [0.3, 0.4) is 0 Å². The van der Waals surface area contributed by atoms with Gasteiger partial charge in [0.2, 0.25) is 0 Å². The van der Waals surface area contributed by atoms with Gasteiger partial charge in [0, 0.05) is 57.3 Å². The van der Waals surface area contributed by atoms with E-state index in [0.717, 1.165) is 4.31 Å². The fraction of sp³-hybridized carbons (Fsp3) is 0.455. The van der Waals surface area contributed by atoms with Crippen LogP contribution < -0.4 is 0 Å². The third kappa shape index (κ3) is 6.16. The van der Waals surface area contributed by atoms with Gasteiger partial charge in [-0.1, -0.05) is 0 Å². The van der Waals surface area contributed by atoms with E-state index in [9.17, 15) is 8.42 Å². The standard InChI is InChI=1S/C11H11NO4S.2Rh/c1-2-3-4-5-9-17(15,16)12-8-6-7-10(12)11(13)14;;/h1,10-11,13-14H,6-8H2;;/t10-;;/m0../s1. The SMILES string of the molecule is C#CC#CC#CS(=O)(=O)N1CCC[C@H]1C(O)O.[Rh].[Rh]. The Balaban J connectivity index is 0. The van der Waals surface area contributed by atoms with Crippen molar-refractivity contribution >= 4 is 10.0 Å². The summed E-state index contributed by atoms with van der Waals surface area (Å²) in [5, 5.41) is 20.1. The van der Waals surface area contributed by atoms with Crippen LogP contribution in [0, 0.1) is 35.4 Å². The van der Waals surface area contributed by atoms with Crippen molar-refractivity contribution in [2.45, 2.75) is 25.2 Å². The van der Waals surface area contributed by atoms with Crippen LogP contribution >= 0.6 is 0 Å². The zero-order valence-electron chi connectivity index (χ0n) is 9.59. The number of nitrogens with zero attached hydrogens (tertiary/aromatic N) is 1. The summed E-state index contributed by atoms with van der Waals surface area (Å²) in [5.41, 5.74) is 0. The van der Waals surface area contributed by atoms with Gasteiger partial charge in [0.1, 0.15) is 0 Å². The van der Waals surface area contributed by atoms with E-state index in [-0.39, 0.29) is 45.5 Å². The Kier molecular flexibility index (Phi) is 10.7. The summed E-state index contributed by atoms with van der Waals surface area (Å²) in [6.07, 6.45) is 4.11. The summed E-state index contributed by atoms with van der Waals surface area (Å²) in [4.78, 5) is 0. The molecule has 0 amide bonds. The Morgan fingerprint density at radius 2 is 1.84 bits per heavy atom. The fourth-order valence-corrected chi connectivity index (χ4v) is 2.82. The first-order chi connectivity index (χ1) is 7.99. The minimum Gasteiger partial charge on any atom is -0.367 e. The molecule has 19 heavy (non-hydrogen) atoms. The molecule has 0 aliphatic carbocycles. The van der Waals surface area contributed by atoms with E-state index in [4.69, 9.17) is 16.6 Å². The largest absolute Gasteiger partial charge is 0.367 e. The molecule has 1 aliphatic heterocycles. The quantitative estimate of drug-likeness (QED) is 0.306. The molecule has 5 nitrogen and oxygen atoms in total. The number of hydrogen-bond donors (Lipinski definition) is 2. The molecule has 0 aromatic carbocycles. The van der Waals surface area contributed by atoms with Crippen LogP contribution in [0.15, 0.2) is 0 Å². The Hall–Kier alpha value is -0.243. The van der Waals surface area contributed by atoms with Crippen molar-refractivity contribution in [3.05, 3.63) is 0 Å². The summed E-state index contributed by atoms with van der Waals surface area (Å²) in [6, 6.07) is -0.838. The zero-order chi connectivity index (χ0) is 12.9. The summed E-state index contributed by atoms with van der Waals surface area (Å²) in [6.45, 7) is 0.224. The monoisotopic (exact) mass is 459 g/mol. The molecular formula is C11H11NO4Rh2S. The molecule has 0 aromatic heterocycles. The van der Waals surface area contributed by atoms with Crippen molar-refractivity contribution < 1.29 is 57.6 Å². The van der Waals surface area contributed by atoms with Crippen molar-refractivity contribution in [2.24, 2.45) is 0 Å². The summed E-state index contributed by atoms with van der Waals surface area (Å²) >= 11 is 0. The molecule has 0 bridgehead atoms. The van der Waals surface area contributed by atoms with Crippen molar-refractivity contribution in [1.29, 1.82) is 0 Å². The second kappa shape index (κ2) is 9.63. The molecule has 1 aliphatic rings. The Morgan fingerprint density at radius 1 is 1.21 bits per heavy atom. The first-order valence-electron chi connectivity index (χ1n) is 4.84. The smallest absolute Gasteiger partial charge is 0.284 e. The zero-order valence-corrected chi connectivity index (χ0v) is 13.7. The maximum atomic E-state index is 11.7. The predicted molar refractivity (Wildman–Crippen MR) is 61.3 cm³/mol. The first kappa shape index (κ1) is 21.1. The van der Waals surface area contributed by atoms with E-state index in [0.29, 0.717) is 12.8 Å². The average Bonchev–Trinajstić information content (AvgIpc) is 2.74. The van der Waals surface area contributed by atoms with E-state index < -0.39 is 22.4 Å². The molecule has 1 saturated heterocycles. The molecule has 0 spiro atoms. The van der Waals surface area contributed by atoms with Crippen molar-refractivity contribution in [2.75, 3.05) is 6.54 Å². The van der Waals surface area contributed by atoms with Gasteiger partial charge in [-0.2, -0.15) is 12.7 Å². The average molecular weight is 459 g/mol. The number of aliphatic hydroxyl groups is 2. The molecule has 108 valence electrons. The maximum Gasteiger partial charge on any atom is 0.284 e. The van der Waals surface area contributed by atoms with Crippen LogP contribution in [-0.4, -0.2) is 41.8 Å². The van der Waals surface area contributed by atoms with Crippen molar-refractivity contribution in [1.82, 2.24) is 4.31 Å². The van der Waals surface area contributed by atoms with Gasteiger partial charge in [-0.15, -0.1) is 6.42 Å². The predicted octanol–water partition coefficient (Wildman–Crippen LogP) is -1.32. The normalized spacial score (nSPS) is 17.9. The Labute approximate surface area is 138 Å². The summed E-state index contributed by atoms with van der Waals surface area (Å²) in [7, 11) is -3.85. The van der Waals surface area contributed by atoms with Crippen LogP contribution in [0.4, 0.5) is 0 Å². The summed E-state index contributed by atoms with van der Waals surface area (Å²) in [5.74, 6) is 8.46. The molecule has 0 saturated carbocycles. The van der Waals surface area contributed by atoms with Gasteiger partial charge in [0.25, 0.3) is 10.0 Å². The Morgan fingerprint density at radius 3 is 2.37 bits per heavy atom. The van der Waals surface area contributed by atoms with Crippen molar-refractivity contribution in [3.8, 4) is 35.4 Å². The third-order valence-corrected chi connectivity index (χ3v) is 3.71. The van der Waals surface area contributed by atoms with Gasteiger partial charge in [-0.3, -0.25) is 0 Å². The first-order valence-corrected chi connectivity index (χ1v) is 6.28. The van der Waals surface area contributed by atoms with Crippen molar-refractivity contribution in [3.63, 3.8) is 0 Å². The van der Waals surface area contributed by atoms with Crippen LogP contribution in [0.2, 0.25) is 0 Å². The van der Waals surface area contributed by atoms with Gasteiger partial charge < -0.3 is 10.2 Å². The second-order valence-corrected chi connectivity index (χ2v) is 4.98. The van der Waals surface area contributed by atoms with E-state index in [1.54, 1.807) is 0 Å². The van der Waals surface area contributed by atoms with E-state index in [2.05, 4.69) is 17.8 Å². The molecule has 0 aromatic rings. The molecule has 8 heteroatoms. The topological polar surface area (TPSA) is 77.8 Å². The molecule has 2 N–H and O–H groups in total. The van der Waals surface area contributed by atoms with Gasteiger partial charge in [0.05, 0.1) is 11.3 Å². The van der Waals surface area contributed by atoms with Crippen LogP contribution in [0.5, 0.6) is 0 Å². The number of aliphatic hydroxyl groups excluding tert-OH is 1. The Bertz CT molecular complexity index is 545. The van der Waals surface area contributed by atoms with E-state index >= 15 is 0 Å². The van der Waals surface area contributed by atoms with Gasteiger partial charge >= 0.3 is 0 Å². The molecule has 2 radical (unpaired) electrons. The molecule has 1 rings (SSSR count). The van der Waals surface area contributed by atoms with Crippen LogP contribution in [0.25, 0.3) is 0 Å². The fourth-order valence-electron chi connectivity index (χ4n) is 1.58. The van der Waals surface area contributed by atoms with Crippen LogP contribution in [-0.2, 0) is 49.0 Å². The number of hydrogen-bond acceptors (Lipinski definition) is 4. The maximum absolute atomic E-state index is 11.7. The number of rotatable bonds is 2. The summed E-state index contributed by atoms with van der Waals surface area (Å²) < 4.78 is 24.4. The molecular weight excluding hydrogens is 448 g/mol. The third-order valence-electron chi connectivity index (χ3n) is 2.28. The number of sulfonamides is 1. The van der Waals surface area contributed by atoms with E-state index in [1.165, 1.54) is 0 Å². The molecule has 1 fully saturated rings.